The number of H-pyrrole nitrogens is 1. The molecule has 0 atom stereocenters. The van der Waals surface area contributed by atoms with Gasteiger partial charge in [-0.2, -0.15) is 0 Å². The number of aryl methyl sites for hydroxylation is 1. The van der Waals surface area contributed by atoms with Crippen molar-refractivity contribution < 1.29 is 9.13 Å². The molecule has 2 aromatic rings. The predicted octanol–water partition coefficient (Wildman–Crippen LogP) is 2.84. The SMILES string of the molecule is COC[C@H]1C[C@@H](N2CCC(n3c(=O)[nH]c4cc(F)c(C)cc43)CC2)C1. The zero-order valence-corrected chi connectivity index (χ0v) is 14.9. The largest absolute Gasteiger partial charge is 0.384 e. The molecule has 0 amide bonds. The molecular formula is C19H26FN3O2. The standard InChI is InChI=1S/C19H26FN3O2/c1-12-7-18-17(10-16(12)20)21-19(24)23(18)14-3-5-22(6-4-14)15-8-13(9-15)11-25-2/h7,10,13-15H,3-6,8-9,11H2,1-2H3,(H,21,24)/t13-,15+. The van der Waals surface area contributed by atoms with Crippen molar-refractivity contribution >= 4 is 11.0 Å². The molecule has 5 nitrogen and oxygen atoms in total. The van der Waals surface area contributed by atoms with E-state index in [4.69, 9.17) is 4.74 Å². The summed E-state index contributed by atoms with van der Waals surface area (Å²) >= 11 is 0. The van der Waals surface area contributed by atoms with E-state index in [-0.39, 0.29) is 17.5 Å². The number of benzene rings is 1. The number of nitrogens with zero attached hydrogens (tertiary/aromatic N) is 2. The summed E-state index contributed by atoms with van der Waals surface area (Å²) in [6.45, 7) is 4.66. The highest BCUT2D eigenvalue weighted by atomic mass is 19.1. The summed E-state index contributed by atoms with van der Waals surface area (Å²) in [5, 5.41) is 0. The van der Waals surface area contributed by atoms with Crippen LogP contribution in [-0.4, -0.2) is 47.3 Å². The minimum absolute atomic E-state index is 0.123. The lowest BCUT2D eigenvalue weighted by atomic mass is 9.79. The average molecular weight is 347 g/mol. The number of piperidine rings is 1. The molecule has 0 spiro atoms. The molecule has 136 valence electrons. The molecule has 0 unspecified atom stereocenters. The summed E-state index contributed by atoms with van der Waals surface area (Å²) in [4.78, 5) is 17.8. The molecule has 6 heteroatoms. The summed E-state index contributed by atoms with van der Waals surface area (Å²) < 4.78 is 20.8. The van der Waals surface area contributed by atoms with E-state index in [2.05, 4.69) is 9.88 Å². The van der Waals surface area contributed by atoms with Crippen LogP contribution in [0.1, 0.15) is 37.3 Å². The van der Waals surface area contributed by atoms with Gasteiger partial charge in [0.1, 0.15) is 5.82 Å². The molecular weight excluding hydrogens is 321 g/mol. The van der Waals surface area contributed by atoms with E-state index >= 15 is 0 Å². The Balaban J connectivity index is 1.46. The van der Waals surface area contributed by atoms with E-state index in [1.165, 1.54) is 18.9 Å². The average Bonchev–Trinajstić information content (AvgIpc) is 2.86. The van der Waals surface area contributed by atoms with Crippen molar-refractivity contribution in [2.24, 2.45) is 5.92 Å². The number of methoxy groups -OCH3 is 1. The summed E-state index contributed by atoms with van der Waals surface area (Å²) in [5.41, 5.74) is 1.88. The second-order valence-electron chi connectivity index (χ2n) is 7.63. The molecule has 0 bridgehead atoms. The predicted molar refractivity (Wildman–Crippen MR) is 95.5 cm³/mol. The molecule has 1 saturated heterocycles. The number of fused-ring (bicyclic) bond motifs is 1. The van der Waals surface area contributed by atoms with Gasteiger partial charge in [-0.05, 0) is 56.2 Å². The first-order valence-corrected chi connectivity index (χ1v) is 9.20. The Morgan fingerprint density at radius 2 is 1.96 bits per heavy atom. The van der Waals surface area contributed by atoms with Gasteiger partial charge < -0.3 is 14.6 Å². The fraction of sp³-hybridized carbons (Fsp3) is 0.632. The zero-order chi connectivity index (χ0) is 17.6. The lowest BCUT2D eigenvalue weighted by molar-refractivity contribution is 0.0148. The Kier molecular flexibility index (Phi) is 4.41. The molecule has 1 aromatic carbocycles. The maximum absolute atomic E-state index is 13.8. The van der Waals surface area contributed by atoms with Crippen LogP contribution in [-0.2, 0) is 4.74 Å². The van der Waals surface area contributed by atoms with Crippen molar-refractivity contribution in [2.45, 2.75) is 44.7 Å². The third kappa shape index (κ3) is 3.02. The maximum Gasteiger partial charge on any atom is 0.326 e. The van der Waals surface area contributed by atoms with Gasteiger partial charge in [0, 0.05) is 38.9 Å². The summed E-state index contributed by atoms with van der Waals surface area (Å²) in [5.74, 6) is 0.438. The Morgan fingerprint density at radius 1 is 1.24 bits per heavy atom. The molecule has 1 aliphatic carbocycles. The highest BCUT2D eigenvalue weighted by molar-refractivity contribution is 5.76. The Labute approximate surface area is 146 Å². The van der Waals surface area contributed by atoms with Gasteiger partial charge in [0.2, 0.25) is 0 Å². The Bertz CT molecular complexity index is 814. The van der Waals surface area contributed by atoms with Crippen LogP contribution in [0.2, 0.25) is 0 Å². The van der Waals surface area contributed by atoms with Crippen LogP contribution in [0.3, 0.4) is 0 Å². The molecule has 2 aliphatic rings. The fourth-order valence-electron chi connectivity index (χ4n) is 4.49. The highest BCUT2D eigenvalue weighted by Crippen LogP contribution is 2.35. The number of hydrogen-bond donors (Lipinski definition) is 1. The minimum Gasteiger partial charge on any atom is -0.384 e. The number of nitrogens with one attached hydrogen (secondary N) is 1. The fourth-order valence-corrected chi connectivity index (χ4v) is 4.49. The molecule has 2 fully saturated rings. The Hall–Kier alpha value is -1.66. The lowest BCUT2D eigenvalue weighted by Crippen LogP contribution is -2.49. The monoisotopic (exact) mass is 347 g/mol. The van der Waals surface area contributed by atoms with E-state index in [0.717, 1.165) is 38.1 Å². The first-order chi connectivity index (χ1) is 12.1. The molecule has 1 saturated carbocycles. The van der Waals surface area contributed by atoms with E-state index in [1.807, 2.05) is 4.57 Å². The van der Waals surface area contributed by atoms with E-state index in [0.29, 0.717) is 23.0 Å². The molecule has 25 heavy (non-hydrogen) atoms. The van der Waals surface area contributed by atoms with Gasteiger partial charge in [0.05, 0.1) is 11.0 Å². The van der Waals surface area contributed by atoms with Crippen LogP contribution in [0.25, 0.3) is 11.0 Å². The number of aromatic nitrogens is 2. The second kappa shape index (κ2) is 6.57. The van der Waals surface area contributed by atoms with Gasteiger partial charge in [-0.3, -0.25) is 4.57 Å². The molecule has 0 radical (unpaired) electrons. The third-order valence-corrected chi connectivity index (χ3v) is 5.99. The van der Waals surface area contributed by atoms with Crippen LogP contribution in [0.15, 0.2) is 16.9 Å². The second-order valence-corrected chi connectivity index (χ2v) is 7.63. The van der Waals surface area contributed by atoms with Crippen molar-refractivity contribution in [3.8, 4) is 0 Å². The number of imidazole rings is 1. The number of ether oxygens (including phenoxy) is 1. The zero-order valence-electron chi connectivity index (χ0n) is 14.9. The van der Waals surface area contributed by atoms with E-state index in [9.17, 15) is 9.18 Å². The molecule has 4 rings (SSSR count). The quantitative estimate of drug-likeness (QED) is 0.925. The molecule has 2 heterocycles. The van der Waals surface area contributed by atoms with Crippen molar-refractivity contribution in [3.63, 3.8) is 0 Å². The first-order valence-electron chi connectivity index (χ1n) is 9.20. The first kappa shape index (κ1) is 16.8. The van der Waals surface area contributed by atoms with Crippen LogP contribution in [0, 0.1) is 18.7 Å². The van der Waals surface area contributed by atoms with Crippen molar-refractivity contribution in [2.75, 3.05) is 26.8 Å². The molecule has 1 aliphatic heterocycles. The summed E-state index contributed by atoms with van der Waals surface area (Å²) in [6.07, 6.45) is 4.39. The van der Waals surface area contributed by atoms with Gasteiger partial charge in [0.25, 0.3) is 0 Å². The molecule has 1 aromatic heterocycles. The topological polar surface area (TPSA) is 50.3 Å². The van der Waals surface area contributed by atoms with Crippen molar-refractivity contribution in [3.05, 3.63) is 34.0 Å². The summed E-state index contributed by atoms with van der Waals surface area (Å²) in [7, 11) is 1.77. The minimum atomic E-state index is -0.272. The number of likely N-dealkylation sites (tertiary alicyclic amines) is 1. The smallest absolute Gasteiger partial charge is 0.326 e. The number of halogens is 1. The van der Waals surface area contributed by atoms with Crippen LogP contribution in [0.4, 0.5) is 4.39 Å². The van der Waals surface area contributed by atoms with Gasteiger partial charge in [-0.15, -0.1) is 0 Å². The van der Waals surface area contributed by atoms with Gasteiger partial charge in [0.15, 0.2) is 0 Å². The normalized spacial score (nSPS) is 25.4. The highest BCUT2D eigenvalue weighted by Gasteiger charge is 2.35. The number of aromatic amines is 1. The lowest BCUT2D eigenvalue weighted by Gasteiger charge is -2.45. The van der Waals surface area contributed by atoms with Crippen molar-refractivity contribution in [1.82, 2.24) is 14.5 Å². The Morgan fingerprint density at radius 3 is 2.64 bits per heavy atom. The third-order valence-electron chi connectivity index (χ3n) is 5.99. The van der Waals surface area contributed by atoms with Crippen LogP contribution < -0.4 is 5.69 Å². The molecule has 1 N–H and O–H groups in total. The van der Waals surface area contributed by atoms with Crippen molar-refractivity contribution in [1.29, 1.82) is 0 Å². The summed E-state index contributed by atoms with van der Waals surface area (Å²) in [6, 6.07) is 4.09. The van der Waals surface area contributed by atoms with Gasteiger partial charge in [-0.1, -0.05) is 0 Å². The van der Waals surface area contributed by atoms with Crippen LogP contribution in [0.5, 0.6) is 0 Å². The van der Waals surface area contributed by atoms with E-state index in [1.54, 1.807) is 20.1 Å². The van der Waals surface area contributed by atoms with E-state index < -0.39 is 0 Å². The van der Waals surface area contributed by atoms with Gasteiger partial charge in [-0.25, -0.2) is 9.18 Å². The number of rotatable bonds is 4. The van der Waals surface area contributed by atoms with Crippen LogP contribution >= 0.6 is 0 Å². The number of hydrogen-bond acceptors (Lipinski definition) is 3. The maximum atomic E-state index is 13.8. The van der Waals surface area contributed by atoms with Gasteiger partial charge >= 0.3 is 5.69 Å².